The van der Waals surface area contributed by atoms with E-state index < -0.39 is 10.0 Å². The fourth-order valence-corrected chi connectivity index (χ4v) is 4.84. The maximum Gasteiger partial charge on any atom is 0.230 e. The minimum atomic E-state index is -3.28. The number of nitrogens with zero attached hydrogens (tertiary/aromatic N) is 3. The number of sulfonamides is 1. The fourth-order valence-electron chi connectivity index (χ4n) is 2.78. The van der Waals surface area contributed by atoms with Gasteiger partial charge < -0.3 is 5.32 Å². The summed E-state index contributed by atoms with van der Waals surface area (Å²) in [5, 5.41) is 12.6. The molecule has 3 rings (SSSR count). The highest BCUT2D eigenvalue weighted by atomic mass is 35.5. The Balaban J connectivity index is 1.66. The largest absolute Gasteiger partial charge is 0.300 e. The molecule has 1 amide bonds. The van der Waals surface area contributed by atoms with Gasteiger partial charge >= 0.3 is 0 Å². The Morgan fingerprint density at radius 2 is 2.08 bits per heavy atom. The van der Waals surface area contributed by atoms with Crippen molar-refractivity contribution in [1.82, 2.24) is 14.5 Å². The third kappa shape index (κ3) is 4.40. The average molecular weight is 415 g/mol. The van der Waals surface area contributed by atoms with Gasteiger partial charge in [-0.3, -0.25) is 4.79 Å². The highest BCUT2D eigenvalue weighted by Gasteiger charge is 2.31. The quantitative estimate of drug-likeness (QED) is 0.812. The Labute approximate surface area is 161 Å². The van der Waals surface area contributed by atoms with Crippen LogP contribution in [-0.2, 0) is 14.8 Å². The van der Waals surface area contributed by atoms with Crippen molar-refractivity contribution in [3.63, 3.8) is 0 Å². The Morgan fingerprint density at radius 1 is 1.35 bits per heavy atom. The van der Waals surface area contributed by atoms with Gasteiger partial charge in [-0.25, -0.2) is 12.7 Å². The summed E-state index contributed by atoms with van der Waals surface area (Å²) in [5.74, 6) is -0.560. The van der Waals surface area contributed by atoms with Crippen LogP contribution in [0.1, 0.15) is 19.8 Å². The van der Waals surface area contributed by atoms with Gasteiger partial charge in [-0.15, -0.1) is 10.2 Å². The van der Waals surface area contributed by atoms with Gasteiger partial charge in [0.15, 0.2) is 0 Å². The molecule has 1 saturated heterocycles. The van der Waals surface area contributed by atoms with Crippen LogP contribution in [0, 0.1) is 5.92 Å². The number of amides is 1. The SMILES string of the molecule is CCS(=O)(=O)N1CCC[C@H](C(=O)Nc2nnc(-c3ccc(Cl)cc3)s2)C1. The van der Waals surface area contributed by atoms with E-state index in [9.17, 15) is 13.2 Å². The van der Waals surface area contributed by atoms with Crippen LogP contribution in [0.2, 0.25) is 5.02 Å². The molecule has 140 valence electrons. The lowest BCUT2D eigenvalue weighted by Crippen LogP contribution is -2.44. The predicted molar refractivity (Wildman–Crippen MR) is 103 cm³/mol. The molecule has 1 N–H and O–H groups in total. The molecule has 7 nitrogen and oxygen atoms in total. The van der Waals surface area contributed by atoms with Crippen molar-refractivity contribution in [2.75, 3.05) is 24.2 Å². The van der Waals surface area contributed by atoms with E-state index in [-0.39, 0.29) is 24.1 Å². The van der Waals surface area contributed by atoms with E-state index in [0.717, 1.165) is 5.56 Å². The first kappa shape index (κ1) is 19.2. The molecule has 1 fully saturated rings. The van der Waals surface area contributed by atoms with Crippen LogP contribution in [0.3, 0.4) is 0 Å². The third-order valence-corrected chi connectivity index (χ3v) is 7.25. The van der Waals surface area contributed by atoms with E-state index in [2.05, 4.69) is 15.5 Å². The van der Waals surface area contributed by atoms with E-state index in [1.165, 1.54) is 15.6 Å². The zero-order chi connectivity index (χ0) is 18.7. The Kier molecular flexibility index (Phi) is 5.91. The summed E-state index contributed by atoms with van der Waals surface area (Å²) in [7, 11) is -3.28. The Morgan fingerprint density at radius 3 is 2.77 bits per heavy atom. The highest BCUT2D eigenvalue weighted by Crippen LogP contribution is 2.28. The third-order valence-electron chi connectivity index (χ3n) is 4.26. The standard InChI is InChI=1S/C16H19ClN4O3S2/c1-2-26(23,24)21-9-3-4-12(10-21)14(22)18-16-20-19-15(25-16)11-5-7-13(17)8-6-11/h5-8,12H,2-4,9-10H2,1H3,(H,18,20,22)/t12-/m0/s1. The zero-order valence-electron chi connectivity index (χ0n) is 14.2. The van der Waals surface area contributed by atoms with Crippen LogP contribution in [0.4, 0.5) is 5.13 Å². The maximum atomic E-state index is 12.5. The number of anilines is 1. The molecule has 1 aromatic heterocycles. The molecule has 2 aromatic rings. The average Bonchev–Trinajstić information content (AvgIpc) is 3.11. The number of halogens is 1. The first-order valence-corrected chi connectivity index (χ1v) is 11.1. The van der Waals surface area contributed by atoms with E-state index in [0.29, 0.717) is 34.5 Å². The number of rotatable bonds is 5. The van der Waals surface area contributed by atoms with Crippen LogP contribution in [0.15, 0.2) is 24.3 Å². The molecule has 0 bridgehead atoms. The van der Waals surface area contributed by atoms with Crippen molar-refractivity contribution in [3.05, 3.63) is 29.3 Å². The van der Waals surface area contributed by atoms with Crippen LogP contribution in [0.25, 0.3) is 10.6 Å². The number of piperidine rings is 1. The minimum absolute atomic E-state index is 0.0438. The van der Waals surface area contributed by atoms with E-state index in [4.69, 9.17) is 11.6 Å². The van der Waals surface area contributed by atoms with Gasteiger partial charge in [-0.1, -0.05) is 35.1 Å². The number of hydrogen-bond acceptors (Lipinski definition) is 6. The summed E-state index contributed by atoms with van der Waals surface area (Å²) >= 11 is 7.14. The molecule has 0 saturated carbocycles. The summed E-state index contributed by atoms with van der Waals surface area (Å²) in [5.41, 5.74) is 0.866. The first-order chi connectivity index (χ1) is 12.4. The smallest absolute Gasteiger partial charge is 0.230 e. The number of carbonyl (C=O) groups excluding carboxylic acids is 1. The lowest BCUT2D eigenvalue weighted by molar-refractivity contribution is -0.120. The van der Waals surface area contributed by atoms with Crippen molar-refractivity contribution in [2.45, 2.75) is 19.8 Å². The van der Waals surface area contributed by atoms with E-state index in [1.807, 2.05) is 12.1 Å². The fraction of sp³-hybridized carbons (Fsp3) is 0.438. The van der Waals surface area contributed by atoms with Gasteiger partial charge in [0.1, 0.15) is 5.01 Å². The van der Waals surface area contributed by atoms with Gasteiger partial charge in [0, 0.05) is 23.7 Å². The molecule has 0 radical (unpaired) electrons. The van der Waals surface area contributed by atoms with Crippen LogP contribution < -0.4 is 5.32 Å². The summed E-state index contributed by atoms with van der Waals surface area (Å²) in [6.07, 6.45) is 1.33. The summed E-state index contributed by atoms with van der Waals surface area (Å²) in [6.45, 7) is 2.29. The zero-order valence-corrected chi connectivity index (χ0v) is 16.6. The molecular weight excluding hydrogens is 396 g/mol. The van der Waals surface area contributed by atoms with Crippen LogP contribution in [0.5, 0.6) is 0 Å². The minimum Gasteiger partial charge on any atom is -0.300 e. The molecule has 0 unspecified atom stereocenters. The summed E-state index contributed by atoms with van der Waals surface area (Å²) in [6, 6.07) is 7.20. The van der Waals surface area contributed by atoms with Gasteiger partial charge in [-0.2, -0.15) is 0 Å². The molecule has 2 heterocycles. The molecule has 1 aromatic carbocycles. The second-order valence-electron chi connectivity index (χ2n) is 6.01. The molecule has 1 aliphatic heterocycles. The highest BCUT2D eigenvalue weighted by molar-refractivity contribution is 7.89. The lowest BCUT2D eigenvalue weighted by Gasteiger charge is -2.30. The van der Waals surface area contributed by atoms with Crippen molar-refractivity contribution in [1.29, 1.82) is 0 Å². The van der Waals surface area contributed by atoms with E-state index in [1.54, 1.807) is 19.1 Å². The molecule has 1 atom stereocenters. The van der Waals surface area contributed by atoms with Crippen molar-refractivity contribution < 1.29 is 13.2 Å². The second-order valence-corrected chi connectivity index (χ2v) is 9.68. The topological polar surface area (TPSA) is 92.3 Å². The normalized spacial score (nSPS) is 18.6. The Bertz CT molecular complexity index is 883. The summed E-state index contributed by atoms with van der Waals surface area (Å²) in [4.78, 5) is 12.5. The van der Waals surface area contributed by atoms with Gasteiger partial charge in [0.05, 0.1) is 11.7 Å². The molecule has 1 aliphatic rings. The molecule has 0 aliphatic carbocycles. The van der Waals surface area contributed by atoms with Crippen molar-refractivity contribution in [2.24, 2.45) is 5.92 Å². The number of aromatic nitrogens is 2. The number of nitrogens with one attached hydrogen (secondary N) is 1. The second kappa shape index (κ2) is 7.99. The van der Waals surface area contributed by atoms with Crippen LogP contribution >= 0.6 is 22.9 Å². The van der Waals surface area contributed by atoms with Crippen molar-refractivity contribution in [3.8, 4) is 10.6 Å². The van der Waals surface area contributed by atoms with Crippen LogP contribution in [-0.4, -0.2) is 47.7 Å². The van der Waals surface area contributed by atoms with Crippen molar-refractivity contribution >= 4 is 44.0 Å². The monoisotopic (exact) mass is 414 g/mol. The van der Waals surface area contributed by atoms with E-state index >= 15 is 0 Å². The van der Waals surface area contributed by atoms with Gasteiger partial charge in [-0.05, 0) is 31.9 Å². The number of benzene rings is 1. The molecule has 0 spiro atoms. The number of carbonyl (C=O) groups is 1. The van der Waals surface area contributed by atoms with Gasteiger partial charge in [0.2, 0.25) is 21.1 Å². The molecule has 10 heteroatoms. The first-order valence-electron chi connectivity index (χ1n) is 8.27. The predicted octanol–water partition coefficient (Wildman–Crippen LogP) is 2.86. The molecule has 26 heavy (non-hydrogen) atoms. The summed E-state index contributed by atoms with van der Waals surface area (Å²) < 4.78 is 25.5. The Hall–Kier alpha value is -1.55. The molecular formula is C16H19ClN4O3S2. The maximum absolute atomic E-state index is 12.5. The number of hydrogen-bond donors (Lipinski definition) is 1. The van der Waals surface area contributed by atoms with Gasteiger partial charge in [0.25, 0.3) is 0 Å². The lowest BCUT2D eigenvalue weighted by atomic mass is 9.99.